The lowest BCUT2D eigenvalue weighted by Gasteiger charge is -2.36. The molecule has 5 heteroatoms. The van der Waals surface area contributed by atoms with Crippen molar-refractivity contribution in [3.05, 3.63) is 23.4 Å². The van der Waals surface area contributed by atoms with Crippen molar-refractivity contribution in [2.45, 2.75) is 64.9 Å². The molecule has 3 rings (SSSR count). The minimum atomic E-state index is -0.442. The van der Waals surface area contributed by atoms with Crippen molar-refractivity contribution in [3.8, 4) is 0 Å². The van der Waals surface area contributed by atoms with E-state index < -0.39 is 5.60 Å². The third kappa shape index (κ3) is 4.44. The molecule has 0 spiro atoms. The Kier molecular flexibility index (Phi) is 5.21. The number of ether oxygens (including phenoxy) is 1. The first kappa shape index (κ1) is 18.0. The first-order chi connectivity index (χ1) is 11.8. The Morgan fingerprint density at radius 2 is 1.80 bits per heavy atom. The molecule has 1 aliphatic heterocycles. The van der Waals surface area contributed by atoms with Crippen molar-refractivity contribution >= 4 is 11.9 Å². The molecule has 0 radical (unpaired) electrons. The second kappa shape index (κ2) is 7.22. The van der Waals surface area contributed by atoms with Crippen molar-refractivity contribution < 1.29 is 9.53 Å². The molecular weight excluding hydrogens is 314 g/mol. The number of rotatable bonds is 2. The van der Waals surface area contributed by atoms with Gasteiger partial charge in [0.25, 0.3) is 0 Å². The van der Waals surface area contributed by atoms with E-state index in [9.17, 15) is 4.79 Å². The van der Waals surface area contributed by atoms with Gasteiger partial charge in [0.15, 0.2) is 0 Å². The maximum atomic E-state index is 12.2. The van der Waals surface area contributed by atoms with Crippen LogP contribution < -0.4 is 4.90 Å². The number of anilines is 1. The topological polar surface area (TPSA) is 45.7 Å². The molecule has 2 fully saturated rings. The molecule has 0 atom stereocenters. The van der Waals surface area contributed by atoms with Crippen LogP contribution >= 0.6 is 0 Å². The zero-order valence-electron chi connectivity index (χ0n) is 16.0. The van der Waals surface area contributed by atoms with E-state index in [2.05, 4.69) is 24.1 Å². The summed E-state index contributed by atoms with van der Waals surface area (Å²) in [5.74, 6) is 1.76. The van der Waals surface area contributed by atoms with Gasteiger partial charge in [0.1, 0.15) is 11.4 Å². The molecule has 25 heavy (non-hydrogen) atoms. The number of carbonyl (C=O) groups excluding carboxylic acids is 1. The van der Waals surface area contributed by atoms with Crippen LogP contribution in [0.5, 0.6) is 0 Å². The van der Waals surface area contributed by atoms with Crippen LogP contribution in [-0.2, 0) is 4.74 Å². The van der Waals surface area contributed by atoms with Gasteiger partial charge in [-0.2, -0.15) is 0 Å². The highest BCUT2D eigenvalue weighted by Crippen LogP contribution is 2.35. The maximum absolute atomic E-state index is 12.2. The maximum Gasteiger partial charge on any atom is 0.410 e. The molecule has 2 aliphatic rings. The minimum absolute atomic E-state index is 0.214. The van der Waals surface area contributed by atoms with E-state index in [1.54, 1.807) is 4.90 Å². The Morgan fingerprint density at radius 1 is 1.16 bits per heavy atom. The van der Waals surface area contributed by atoms with E-state index in [4.69, 9.17) is 9.72 Å². The molecule has 1 aromatic rings. The van der Waals surface area contributed by atoms with E-state index in [-0.39, 0.29) is 6.09 Å². The van der Waals surface area contributed by atoms with E-state index in [1.807, 2.05) is 20.8 Å². The molecule has 1 saturated carbocycles. The van der Waals surface area contributed by atoms with Gasteiger partial charge in [-0.25, -0.2) is 9.78 Å². The van der Waals surface area contributed by atoms with Gasteiger partial charge in [-0.05, 0) is 57.6 Å². The largest absolute Gasteiger partial charge is 0.444 e. The SMILES string of the molecule is Cc1cc(C2CCCC2)cnc1N1CCN(C(=O)OC(C)(C)C)CC1. The zero-order chi connectivity index (χ0) is 18.0. The van der Waals surface area contributed by atoms with Gasteiger partial charge >= 0.3 is 6.09 Å². The van der Waals surface area contributed by atoms with Gasteiger partial charge in [-0.15, -0.1) is 0 Å². The Balaban J connectivity index is 1.60. The van der Waals surface area contributed by atoms with Crippen LogP contribution in [0, 0.1) is 6.92 Å². The molecule has 5 nitrogen and oxygen atoms in total. The molecule has 2 heterocycles. The average molecular weight is 345 g/mol. The molecule has 1 amide bonds. The summed E-state index contributed by atoms with van der Waals surface area (Å²) in [4.78, 5) is 21.0. The highest BCUT2D eigenvalue weighted by atomic mass is 16.6. The third-order valence-electron chi connectivity index (χ3n) is 5.13. The zero-order valence-corrected chi connectivity index (χ0v) is 16.0. The highest BCUT2D eigenvalue weighted by Gasteiger charge is 2.27. The summed E-state index contributed by atoms with van der Waals surface area (Å²) in [5, 5.41) is 0. The highest BCUT2D eigenvalue weighted by molar-refractivity contribution is 5.68. The number of carbonyl (C=O) groups is 1. The first-order valence-corrected chi connectivity index (χ1v) is 9.53. The fourth-order valence-corrected chi connectivity index (χ4v) is 3.83. The van der Waals surface area contributed by atoms with Crippen LogP contribution in [0.25, 0.3) is 0 Å². The third-order valence-corrected chi connectivity index (χ3v) is 5.13. The summed E-state index contributed by atoms with van der Waals surface area (Å²) in [6, 6.07) is 2.32. The summed E-state index contributed by atoms with van der Waals surface area (Å²) in [5.41, 5.74) is 2.20. The van der Waals surface area contributed by atoms with Crippen LogP contribution in [-0.4, -0.2) is 47.8 Å². The van der Waals surface area contributed by atoms with Gasteiger partial charge in [-0.3, -0.25) is 0 Å². The molecule has 0 bridgehead atoms. The lowest BCUT2D eigenvalue weighted by molar-refractivity contribution is 0.0240. The number of hydrogen-bond donors (Lipinski definition) is 0. The number of nitrogens with zero attached hydrogens (tertiary/aromatic N) is 3. The van der Waals surface area contributed by atoms with Gasteiger partial charge in [0.05, 0.1) is 0 Å². The summed E-state index contributed by atoms with van der Waals surface area (Å²) in [7, 11) is 0. The molecular formula is C20H31N3O2. The quantitative estimate of drug-likeness (QED) is 0.809. The van der Waals surface area contributed by atoms with Gasteiger partial charge in [-0.1, -0.05) is 18.9 Å². The monoisotopic (exact) mass is 345 g/mol. The predicted molar refractivity (Wildman–Crippen MR) is 100 cm³/mol. The Bertz CT molecular complexity index is 610. The number of aromatic nitrogens is 1. The van der Waals surface area contributed by atoms with Crippen molar-refractivity contribution in [1.29, 1.82) is 0 Å². The normalized spacial score (nSPS) is 19.4. The van der Waals surface area contributed by atoms with Crippen LogP contribution in [0.3, 0.4) is 0 Å². The second-order valence-electron chi connectivity index (χ2n) is 8.34. The molecule has 0 aromatic carbocycles. The standard InChI is InChI=1S/C20H31N3O2/c1-15-13-17(16-7-5-6-8-16)14-21-18(15)22-9-11-23(12-10-22)19(24)25-20(2,3)4/h13-14,16H,5-12H2,1-4H3. The Labute approximate surface area is 151 Å². The summed E-state index contributed by atoms with van der Waals surface area (Å²) >= 11 is 0. The van der Waals surface area contributed by atoms with Crippen LogP contribution in [0.4, 0.5) is 10.6 Å². The lowest BCUT2D eigenvalue weighted by Crippen LogP contribution is -2.50. The number of hydrogen-bond acceptors (Lipinski definition) is 4. The number of amides is 1. The van der Waals surface area contributed by atoms with Gasteiger partial charge in [0, 0.05) is 32.4 Å². The van der Waals surface area contributed by atoms with E-state index in [0.29, 0.717) is 19.0 Å². The molecule has 0 unspecified atom stereocenters. The summed E-state index contributed by atoms with van der Waals surface area (Å²) in [6.45, 7) is 10.8. The Hall–Kier alpha value is -1.78. The van der Waals surface area contributed by atoms with E-state index in [0.717, 1.165) is 18.9 Å². The molecule has 0 N–H and O–H groups in total. The van der Waals surface area contributed by atoms with Crippen LogP contribution in [0.2, 0.25) is 0 Å². The molecule has 1 aromatic heterocycles. The Morgan fingerprint density at radius 3 is 2.36 bits per heavy atom. The molecule has 138 valence electrons. The fraction of sp³-hybridized carbons (Fsp3) is 0.700. The first-order valence-electron chi connectivity index (χ1n) is 9.53. The van der Waals surface area contributed by atoms with Crippen molar-refractivity contribution in [2.75, 3.05) is 31.1 Å². The fourth-order valence-electron chi connectivity index (χ4n) is 3.83. The average Bonchev–Trinajstić information content (AvgIpc) is 3.08. The van der Waals surface area contributed by atoms with Crippen molar-refractivity contribution in [1.82, 2.24) is 9.88 Å². The van der Waals surface area contributed by atoms with E-state index in [1.165, 1.54) is 36.8 Å². The number of piperazine rings is 1. The summed E-state index contributed by atoms with van der Waals surface area (Å²) < 4.78 is 5.47. The smallest absolute Gasteiger partial charge is 0.410 e. The van der Waals surface area contributed by atoms with Crippen molar-refractivity contribution in [2.24, 2.45) is 0 Å². The predicted octanol–water partition coefficient (Wildman–Crippen LogP) is 4.10. The summed E-state index contributed by atoms with van der Waals surface area (Å²) in [6.07, 6.45) is 7.15. The van der Waals surface area contributed by atoms with Crippen molar-refractivity contribution in [3.63, 3.8) is 0 Å². The van der Waals surface area contributed by atoms with Crippen LogP contribution in [0.15, 0.2) is 12.3 Å². The molecule has 1 aliphatic carbocycles. The van der Waals surface area contributed by atoms with Gasteiger partial charge < -0.3 is 14.5 Å². The van der Waals surface area contributed by atoms with Crippen LogP contribution in [0.1, 0.15) is 63.5 Å². The minimum Gasteiger partial charge on any atom is -0.444 e. The van der Waals surface area contributed by atoms with E-state index >= 15 is 0 Å². The second-order valence-corrected chi connectivity index (χ2v) is 8.34. The lowest BCUT2D eigenvalue weighted by atomic mass is 9.98. The number of pyridine rings is 1. The molecule has 1 saturated heterocycles. The van der Waals surface area contributed by atoms with Gasteiger partial charge in [0.2, 0.25) is 0 Å². The number of aryl methyl sites for hydroxylation is 1.